The van der Waals surface area contributed by atoms with Crippen LogP contribution in [0.5, 0.6) is 0 Å². The topological polar surface area (TPSA) is 31.4 Å². The van der Waals surface area contributed by atoms with E-state index in [1.807, 2.05) is 25.5 Å². The second kappa shape index (κ2) is 6.10. The van der Waals surface area contributed by atoms with Crippen molar-refractivity contribution in [2.24, 2.45) is 0 Å². The number of likely N-dealkylation sites (N-methyl/N-ethyl adjacent to an activating group) is 2. The molecule has 0 amide bonds. The lowest BCUT2D eigenvalue weighted by Gasteiger charge is -2.39. The molecule has 4 nitrogen and oxygen atoms in total. The van der Waals surface area contributed by atoms with Crippen LogP contribution in [0, 0.1) is 0 Å². The van der Waals surface area contributed by atoms with Crippen molar-refractivity contribution in [1.29, 1.82) is 0 Å². The minimum atomic E-state index is 0.616. The highest BCUT2D eigenvalue weighted by molar-refractivity contribution is 5.08. The summed E-state index contributed by atoms with van der Waals surface area (Å²) in [5.41, 5.74) is 1.31. The molecular weight excluding hydrogens is 212 g/mol. The van der Waals surface area contributed by atoms with Crippen LogP contribution in [0.1, 0.15) is 5.56 Å². The first-order valence-corrected chi connectivity index (χ1v) is 6.25. The lowest BCUT2D eigenvalue weighted by atomic mass is 10.1. The van der Waals surface area contributed by atoms with E-state index in [4.69, 9.17) is 0 Å². The third-order valence-electron chi connectivity index (χ3n) is 3.43. The number of pyridine rings is 1. The second-order valence-electron chi connectivity index (χ2n) is 4.79. The summed E-state index contributed by atoms with van der Waals surface area (Å²) in [7, 11) is 4.23. The molecule has 17 heavy (non-hydrogen) atoms. The molecule has 1 fully saturated rings. The molecule has 1 N–H and O–H groups in total. The third kappa shape index (κ3) is 3.49. The van der Waals surface area contributed by atoms with Crippen LogP contribution in [-0.2, 0) is 6.54 Å². The maximum absolute atomic E-state index is 4.17. The van der Waals surface area contributed by atoms with Gasteiger partial charge in [-0.3, -0.25) is 14.8 Å². The Bertz CT molecular complexity index is 327. The lowest BCUT2D eigenvalue weighted by molar-refractivity contribution is 0.0909. The molecule has 0 bridgehead atoms. The van der Waals surface area contributed by atoms with Crippen LogP contribution in [0.15, 0.2) is 24.5 Å². The SMILES string of the molecule is CNCC1CN(Cc2cccnc2)CCN1C. The molecule has 1 atom stereocenters. The van der Waals surface area contributed by atoms with E-state index >= 15 is 0 Å². The molecule has 1 aliphatic heterocycles. The normalized spacial score (nSPS) is 22.8. The summed E-state index contributed by atoms with van der Waals surface area (Å²) in [6.07, 6.45) is 3.79. The van der Waals surface area contributed by atoms with Gasteiger partial charge in [0.1, 0.15) is 0 Å². The number of piperazine rings is 1. The van der Waals surface area contributed by atoms with Crippen LogP contribution < -0.4 is 5.32 Å². The van der Waals surface area contributed by atoms with E-state index in [1.165, 1.54) is 5.56 Å². The first-order chi connectivity index (χ1) is 8.29. The van der Waals surface area contributed by atoms with Gasteiger partial charge in [-0.2, -0.15) is 0 Å². The van der Waals surface area contributed by atoms with Gasteiger partial charge < -0.3 is 5.32 Å². The number of hydrogen-bond donors (Lipinski definition) is 1. The number of rotatable bonds is 4. The largest absolute Gasteiger partial charge is 0.318 e. The molecule has 1 unspecified atom stereocenters. The standard InChI is InChI=1S/C13H22N4/c1-14-9-13-11-17(7-6-16(13)2)10-12-4-3-5-15-8-12/h3-5,8,13-14H,6-7,9-11H2,1-2H3. The summed E-state index contributed by atoms with van der Waals surface area (Å²) in [5.74, 6) is 0. The average molecular weight is 234 g/mol. The molecule has 1 aliphatic rings. The molecule has 1 aromatic rings. The summed E-state index contributed by atoms with van der Waals surface area (Å²) in [6.45, 7) is 5.49. The van der Waals surface area contributed by atoms with E-state index in [0.29, 0.717) is 6.04 Å². The zero-order valence-corrected chi connectivity index (χ0v) is 10.8. The van der Waals surface area contributed by atoms with Crippen molar-refractivity contribution in [3.63, 3.8) is 0 Å². The fourth-order valence-corrected chi connectivity index (χ4v) is 2.36. The zero-order valence-electron chi connectivity index (χ0n) is 10.8. The summed E-state index contributed by atoms with van der Waals surface area (Å²) in [4.78, 5) is 9.12. The molecule has 0 saturated carbocycles. The molecule has 2 rings (SSSR count). The lowest BCUT2D eigenvalue weighted by Crippen LogP contribution is -2.54. The van der Waals surface area contributed by atoms with Gasteiger partial charge in [-0.15, -0.1) is 0 Å². The summed E-state index contributed by atoms with van der Waals surface area (Å²) in [5, 5.41) is 3.27. The summed E-state index contributed by atoms with van der Waals surface area (Å²) < 4.78 is 0. The number of hydrogen-bond acceptors (Lipinski definition) is 4. The predicted molar refractivity (Wildman–Crippen MR) is 69.9 cm³/mol. The molecule has 0 spiro atoms. The average Bonchev–Trinajstić information content (AvgIpc) is 2.35. The van der Waals surface area contributed by atoms with Gasteiger partial charge in [-0.25, -0.2) is 0 Å². The highest BCUT2D eigenvalue weighted by atomic mass is 15.3. The van der Waals surface area contributed by atoms with Crippen molar-refractivity contribution in [3.8, 4) is 0 Å². The van der Waals surface area contributed by atoms with Crippen molar-refractivity contribution in [3.05, 3.63) is 30.1 Å². The van der Waals surface area contributed by atoms with Crippen LogP contribution in [0.2, 0.25) is 0 Å². The summed E-state index contributed by atoms with van der Waals surface area (Å²) >= 11 is 0. The molecule has 1 saturated heterocycles. The summed E-state index contributed by atoms with van der Waals surface area (Å²) in [6, 6.07) is 4.78. The Morgan fingerprint density at radius 3 is 3.06 bits per heavy atom. The predicted octanol–water partition coefficient (Wildman–Crippen LogP) is 0.417. The van der Waals surface area contributed by atoms with E-state index in [2.05, 4.69) is 33.2 Å². The van der Waals surface area contributed by atoms with Crippen LogP contribution in [0.25, 0.3) is 0 Å². The van der Waals surface area contributed by atoms with E-state index in [1.54, 1.807) is 0 Å². The van der Waals surface area contributed by atoms with Gasteiger partial charge in [0.15, 0.2) is 0 Å². The Morgan fingerprint density at radius 2 is 2.35 bits per heavy atom. The van der Waals surface area contributed by atoms with Crippen LogP contribution in [-0.4, -0.2) is 61.1 Å². The second-order valence-corrected chi connectivity index (χ2v) is 4.79. The Hall–Kier alpha value is -0.970. The maximum atomic E-state index is 4.17. The molecule has 0 aromatic carbocycles. The van der Waals surface area contributed by atoms with E-state index in [9.17, 15) is 0 Å². The van der Waals surface area contributed by atoms with E-state index < -0.39 is 0 Å². The van der Waals surface area contributed by atoms with Crippen LogP contribution in [0.3, 0.4) is 0 Å². The quantitative estimate of drug-likeness (QED) is 0.818. The van der Waals surface area contributed by atoms with Crippen molar-refractivity contribution in [2.45, 2.75) is 12.6 Å². The minimum Gasteiger partial charge on any atom is -0.318 e. The fraction of sp³-hybridized carbons (Fsp3) is 0.615. The highest BCUT2D eigenvalue weighted by Gasteiger charge is 2.23. The molecule has 0 aliphatic carbocycles. The van der Waals surface area contributed by atoms with Crippen molar-refractivity contribution < 1.29 is 0 Å². The van der Waals surface area contributed by atoms with Crippen molar-refractivity contribution in [1.82, 2.24) is 20.1 Å². The van der Waals surface area contributed by atoms with Crippen molar-refractivity contribution in [2.75, 3.05) is 40.3 Å². The van der Waals surface area contributed by atoms with Gasteiger partial charge in [0, 0.05) is 51.2 Å². The molecule has 0 radical (unpaired) electrons. The fourth-order valence-electron chi connectivity index (χ4n) is 2.36. The Morgan fingerprint density at radius 1 is 1.47 bits per heavy atom. The Labute approximate surface area is 104 Å². The molecule has 94 valence electrons. The van der Waals surface area contributed by atoms with Crippen LogP contribution >= 0.6 is 0 Å². The van der Waals surface area contributed by atoms with E-state index in [0.717, 1.165) is 32.7 Å². The first kappa shape index (κ1) is 12.5. The molecule has 1 aromatic heterocycles. The maximum Gasteiger partial charge on any atom is 0.0345 e. The van der Waals surface area contributed by atoms with Crippen molar-refractivity contribution >= 4 is 0 Å². The highest BCUT2D eigenvalue weighted by Crippen LogP contribution is 2.10. The Kier molecular flexibility index (Phi) is 4.48. The number of nitrogens with zero attached hydrogens (tertiary/aromatic N) is 3. The van der Waals surface area contributed by atoms with Gasteiger partial charge in [-0.1, -0.05) is 6.07 Å². The van der Waals surface area contributed by atoms with E-state index in [-0.39, 0.29) is 0 Å². The first-order valence-electron chi connectivity index (χ1n) is 6.25. The van der Waals surface area contributed by atoms with Gasteiger partial charge >= 0.3 is 0 Å². The van der Waals surface area contributed by atoms with Gasteiger partial charge in [0.2, 0.25) is 0 Å². The van der Waals surface area contributed by atoms with Gasteiger partial charge in [-0.05, 0) is 25.7 Å². The third-order valence-corrected chi connectivity index (χ3v) is 3.43. The molecular formula is C13H22N4. The van der Waals surface area contributed by atoms with Gasteiger partial charge in [0.05, 0.1) is 0 Å². The van der Waals surface area contributed by atoms with Crippen LogP contribution in [0.4, 0.5) is 0 Å². The smallest absolute Gasteiger partial charge is 0.0345 e. The number of aromatic nitrogens is 1. The Balaban J connectivity index is 1.90. The van der Waals surface area contributed by atoms with Gasteiger partial charge in [0.25, 0.3) is 0 Å². The molecule has 2 heterocycles. The zero-order chi connectivity index (χ0) is 12.1. The minimum absolute atomic E-state index is 0.616. The monoisotopic (exact) mass is 234 g/mol. The number of nitrogens with one attached hydrogen (secondary N) is 1. The molecule has 4 heteroatoms.